The van der Waals surface area contributed by atoms with E-state index in [0.29, 0.717) is 23.3 Å². The zero-order valence-electron chi connectivity index (χ0n) is 13.1. The van der Waals surface area contributed by atoms with Crippen molar-refractivity contribution >= 4 is 5.91 Å². The molecule has 4 nitrogen and oxygen atoms in total. The molecule has 4 rings (SSSR count). The van der Waals surface area contributed by atoms with Crippen molar-refractivity contribution < 1.29 is 4.79 Å². The fraction of sp³-hybridized carbons (Fsp3) is 0.421. The summed E-state index contributed by atoms with van der Waals surface area (Å²) < 4.78 is 0. The van der Waals surface area contributed by atoms with Gasteiger partial charge in [0.2, 0.25) is 0 Å². The van der Waals surface area contributed by atoms with E-state index in [9.17, 15) is 4.79 Å². The average molecular weight is 307 g/mol. The van der Waals surface area contributed by atoms with E-state index in [-0.39, 0.29) is 5.91 Å². The van der Waals surface area contributed by atoms with E-state index in [4.69, 9.17) is 0 Å². The van der Waals surface area contributed by atoms with Gasteiger partial charge in [0.15, 0.2) is 5.82 Å². The van der Waals surface area contributed by atoms with Crippen LogP contribution in [0.5, 0.6) is 0 Å². The van der Waals surface area contributed by atoms with E-state index in [1.165, 1.54) is 25.7 Å². The fourth-order valence-electron chi connectivity index (χ4n) is 4.17. The Kier molecular flexibility index (Phi) is 3.82. The second-order valence-electron chi connectivity index (χ2n) is 6.67. The first-order chi connectivity index (χ1) is 11.3. The van der Waals surface area contributed by atoms with Crippen LogP contribution in [0.2, 0.25) is 0 Å². The number of hydrogen-bond acceptors (Lipinski definition) is 3. The number of aromatic nitrogens is 2. The number of nitrogens with zero attached hydrogens (tertiary/aromatic N) is 2. The van der Waals surface area contributed by atoms with Crippen molar-refractivity contribution in [3.8, 4) is 11.4 Å². The predicted octanol–water partition coefficient (Wildman–Crippen LogP) is 3.45. The van der Waals surface area contributed by atoms with Gasteiger partial charge >= 0.3 is 0 Å². The third-order valence-corrected chi connectivity index (χ3v) is 5.35. The van der Waals surface area contributed by atoms with Gasteiger partial charge in [-0.3, -0.25) is 4.79 Å². The van der Waals surface area contributed by atoms with Crippen molar-refractivity contribution in [1.29, 1.82) is 0 Å². The van der Waals surface area contributed by atoms with Crippen molar-refractivity contribution in [3.63, 3.8) is 0 Å². The maximum absolute atomic E-state index is 12.4. The van der Waals surface area contributed by atoms with E-state index in [0.717, 1.165) is 17.9 Å². The lowest BCUT2D eigenvalue weighted by atomic mass is 9.97. The molecule has 23 heavy (non-hydrogen) atoms. The van der Waals surface area contributed by atoms with Crippen molar-refractivity contribution in [1.82, 2.24) is 15.3 Å². The second-order valence-corrected chi connectivity index (χ2v) is 6.67. The molecule has 2 aliphatic carbocycles. The number of rotatable bonds is 3. The molecule has 0 unspecified atom stereocenters. The maximum Gasteiger partial charge on any atom is 0.254 e. The molecule has 1 heterocycles. The van der Waals surface area contributed by atoms with E-state index in [1.807, 2.05) is 30.3 Å². The molecule has 2 aliphatic rings. The van der Waals surface area contributed by atoms with Crippen LogP contribution < -0.4 is 5.32 Å². The van der Waals surface area contributed by atoms with E-state index < -0.39 is 0 Å². The normalized spacial score (nSPS) is 26.0. The van der Waals surface area contributed by atoms with Crippen LogP contribution in [-0.4, -0.2) is 21.9 Å². The molecule has 1 N–H and O–H groups in total. The van der Waals surface area contributed by atoms with Crippen molar-refractivity contribution in [2.24, 2.45) is 11.8 Å². The lowest BCUT2D eigenvalue weighted by molar-refractivity contribution is 0.0925. The Morgan fingerprint density at radius 2 is 1.78 bits per heavy atom. The molecule has 0 saturated heterocycles. The third-order valence-electron chi connectivity index (χ3n) is 5.35. The van der Waals surface area contributed by atoms with Gasteiger partial charge < -0.3 is 5.32 Å². The highest BCUT2D eigenvalue weighted by atomic mass is 16.1. The highest BCUT2D eigenvalue weighted by Gasteiger charge is 2.39. The molecule has 1 aromatic heterocycles. The first-order valence-corrected chi connectivity index (χ1v) is 8.49. The number of fused-ring (bicyclic) bond motifs is 1. The molecule has 0 bridgehead atoms. The first-order valence-electron chi connectivity index (χ1n) is 8.49. The molecule has 0 spiro atoms. The van der Waals surface area contributed by atoms with Crippen LogP contribution in [0.4, 0.5) is 0 Å². The number of carbonyl (C=O) groups excluding carboxylic acids is 1. The summed E-state index contributed by atoms with van der Waals surface area (Å²) in [6, 6.07) is 10.1. The Labute approximate surface area is 136 Å². The number of amides is 1. The van der Waals surface area contributed by atoms with Gasteiger partial charge in [-0.25, -0.2) is 9.97 Å². The zero-order chi connectivity index (χ0) is 15.6. The lowest BCUT2D eigenvalue weighted by Crippen LogP contribution is -2.37. The van der Waals surface area contributed by atoms with Gasteiger partial charge in [-0.15, -0.1) is 0 Å². The quantitative estimate of drug-likeness (QED) is 0.945. The Bertz CT molecular complexity index is 684. The van der Waals surface area contributed by atoms with Crippen LogP contribution in [0.25, 0.3) is 11.4 Å². The largest absolute Gasteiger partial charge is 0.349 e. The summed E-state index contributed by atoms with van der Waals surface area (Å²) in [6.07, 6.45) is 9.56. The van der Waals surface area contributed by atoms with Gasteiger partial charge in [0.25, 0.3) is 5.91 Å². The van der Waals surface area contributed by atoms with Gasteiger partial charge in [-0.2, -0.15) is 0 Å². The smallest absolute Gasteiger partial charge is 0.254 e. The van der Waals surface area contributed by atoms with Gasteiger partial charge in [0, 0.05) is 24.0 Å². The zero-order valence-corrected chi connectivity index (χ0v) is 13.1. The number of carbonyl (C=O) groups is 1. The molecule has 0 radical (unpaired) electrons. The van der Waals surface area contributed by atoms with Crippen molar-refractivity contribution in [2.45, 2.75) is 38.1 Å². The molecule has 2 saturated carbocycles. The topological polar surface area (TPSA) is 54.9 Å². The number of benzene rings is 1. The Hall–Kier alpha value is -2.23. The highest BCUT2D eigenvalue weighted by Crippen LogP contribution is 2.43. The molecule has 1 amide bonds. The molecule has 0 aliphatic heterocycles. The van der Waals surface area contributed by atoms with Crippen molar-refractivity contribution in [2.75, 3.05) is 0 Å². The van der Waals surface area contributed by atoms with Crippen LogP contribution in [0.1, 0.15) is 42.5 Å². The molecular formula is C19H21N3O. The van der Waals surface area contributed by atoms with Gasteiger partial charge in [0.1, 0.15) is 0 Å². The highest BCUT2D eigenvalue weighted by molar-refractivity contribution is 5.94. The monoisotopic (exact) mass is 307 g/mol. The van der Waals surface area contributed by atoms with Crippen LogP contribution >= 0.6 is 0 Å². The van der Waals surface area contributed by atoms with E-state index in [2.05, 4.69) is 15.3 Å². The van der Waals surface area contributed by atoms with Crippen LogP contribution in [-0.2, 0) is 0 Å². The predicted molar refractivity (Wildman–Crippen MR) is 88.8 cm³/mol. The molecular weight excluding hydrogens is 286 g/mol. The third kappa shape index (κ3) is 2.85. The molecule has 1 aromatic carbocycles. The van der Waals surface area contributed by atoms with Crippen LogP contribution in [0, 0.1) is 11.8 Å². The number of nitrogens with one attached hydrogen (secondary N) is 1. The summed E-state index contributed by atoms with van der Waals surface area (Å²) in [5.74, 6) is 2.13. The minimum Gasteiger partial charge on any atom is -0.349 e. The Balaban J connectivity index is 1.45. The minimum absolute atomic E-state index is 0.0397. The van der Waals surface area contributed by atoms with Gasteiger partial charge in [-0.1, -0.05) is 43.2 Å². The van der Waals surface area contributed by atoms with Gasteiger partial charge in [-0.05, 0) is 31.1 Å². The van der Waals surface area contributed by atoms with Crippen LogP contribution in [0.3, 0.4) is 0 Å². The molecule has 2 fully saturated rings. The summed E-state index contributed by atoms with van der Waals surface area (Å²) in [5, 5.41) is 3.21. The SMILES string of the molecule is O=C(N[C@H]1CC[C@@H]2CCC[C@@H]21)c1cnc(-c2ccccc2)nc1. The minimum atomic E-state index is -0.0397. The maximum atomic E-state index is 12.4. The summed E-state index contributed by atoms with van der Waals surface area (Å²) in [7, 11) is 0. The summed E-state index contributed by atoms with van der Waals surface area (Å²) in [4.78, 5) is 21.1. The molecule has 4 heteroatoms. The van der Waals surface area contributed by atoms with Crippen molar-refractivity contribution in [3.05, 3.63) is 48.3 Å². The first kappa shape index (κ1) is 14.4. The van der Waals surface area contributed by atoms with Gasteiger partial charge in [0.05, 0.1) is 5.56 Å². The Morgan fingerprint density at radius 1 is 1.00 bits per heavy atom. The standard InChI is InChI=1S/C19H21N3O/c23-19(22-17-10-9-13-7-4-8-16(13)17)15-11-20-18(21-12-15)14-5-2-1-3-6-14/h1-3,5-6,11-13,16-17H,4,7-10H2,(H,22,23)/t13-,16-,17-/m0/s1. The summed E-state index contributed by atoms with van der Waals surface area (Å²) in [6.45, 7) is 0. The fourth-order valence-corrected chi connectivity index (χ4v) is 4.17. The molecule has 3 atom stereocenters. The molecule has 118 valence electrons. The Morgan fingerprint density at radius 3 is 2.57 bits per heavy atom. The van der Waals surface area contributed by atoms with E-state index >= 15 is 0 Å². The lowest BCUT2D eigenvalue weighted by Gasteiger charge is -2.19. The molecule has 2 aromatic rings. The second kappa shape index (κ2) is 6.11. The van der Waals surface area contributed by atoms with Crippen LogP contribution in [0.15, 0.2) is 42.7 Å². The van der Waals surface area contributed by atoms with E-state index in [1.54, 1.807) is 12.4 Å². The average Bonchev–Trinajstić information content (AvgIpc) is 3.21. The number of hydrogen-bond donors (Lipinski definition) is 1. The summed E-state index contributed by atoms with van der Waals surface area (Å²) >= 11 is 0. The summed E-state index contributed by atoms with van der Waals surface area (Å²) in [5.41, 5.74) is 1.51.